The van der Waals surface area contributed by atoms with Gasteiger partial charge in [0, 0.05) is 12.4 Å². The van der Waals surface area contributed by atoms with Gasteiger partial charge in [-0.1, -0.05) is 110 Å². The third-order valence-corrected chi connectivity index (χ3v) is 6.21. The van der Waals surface area contributed by atoms with Crippen molar-refractivity contribution in [2.75, 3.05) is 12.4 Å². The molecule has 0 saturated heterocycles. The Morgan fingerprint density at radius 3 is 2.04 bits per heavy atom. The predicted octanol–water partition coefficient (Wildman–Crippen LogP) is 7.71. The van der Waals surface area contributed by atoms with Crippen LogP contribution >= 0.6 is 12.6 Å². The maximum absolute atomic E-state index is 6.37. The van der Waals surface area contributed by atoms with Crippen LogP contribution in [0, 0.1) is 11.8 Å². The van der Waals surface area contributed by atoms with E-state index in [2.05, 4.69) is 13.8 Å². The molecule has 1 aliphatic rings. The number of hydrogen-bond donors (Lipinski definition) is 0. The summed E-state index contributed by atoms with van der Waals surface area (Å²) in [5, 5.41) is 0. The van der Waals surface area contributed by atoms with Crippen molar-refractivity contribution in [3.63, 3.8) is 0 Å². The van der Waals surface area contributed by atoms with Gasteiger partial charge in [0.2, 0.25) is 0 Å². The molecule has 0 aliphatic heterocycles. The van der Waals surface area contributed by atoms with Crippen molar-refractivity contribution in [2.24, 2.45) is 11.8 Å². The van der Waals surface area contributed by atoms with Gasteiger partial charge in [0.05, 0.1) is 6.10 Å². The summed E-state index contributed by atoms with van der Waals surface area (Å²) in [7, 11) is 0. The van der Waals surface area contributed by atoms with Gasteiger partial charge in [-0.2, -0.15) is 0 Å². The first-order chi connectivity index (χ1) is 11.8. The van der Waals surface area contributed by atoms with Crippen LogP contribution in [0.2, 0.25) is 0 Å². The smallest absolute Gasteiger partial charge is 0.0614 e. The van der Waals surface area contributed by atoms with Crippen molar-refractivity contribution >= 4 is 12.6 Å². The normalized spacial score (nSPS) is 18.6. The Kier molecular flexibility index (Phi) is 14.5. The van der Waals surface area contributed by atoms with Crippen LogP contribution < -0.4 is 0 Å². The van der Waals surface area contributed by atoms with E-state index in [4.69, 9.17) is 17.4 Å². The van der Waals surface area contributed by atoms with Crippen LogP contribution in [0.25, 0.3) is 0 Å². The first-order valence-electron chi connectivity index (χ1n) is 11.0. The van der Waals surface area contributed by atoms with Gasteiger partial charge in [-0.3, -0.25) is 0 Å². The summed E-state index contributed by atoms with van der Waals surface area (Å²) in [6.07, 6.45) is 20.9. The molecule has 1 rings (SSSR count). The highest BCUT2D eigenvalue weighted by molar-refractivity contribution is 7.80. The molecule has 143 valence electrons. The van der Waals surface area contributed by atoms with Crippen LogP contribution in [0.5, 0.6) is 0 Å². The van der Waals surface area contributed by atoms with Gasteiger partial charge >= 0.3 is 0 Å². The van der Waals surface area contributed by atoms with E-state index in [9.17, 15) is 0 Å². The lowest BCUT2D eigenvalue weighted by atomic mass is 9.77. The number of unbranched alkanes of at least 4 members (excludes halogenated alkanes) is 7. The highest BCUT2D eigenvalue weighted by atomic mass is 32.1. The Balaban J connectivity index is 2.19. The maximum atomic E-state index is 6.37. The zero-order valence-electron chi connectivity index (χ0n) is 16.6. The van der Waals surface area contributed by atoms with E-state index in [0.717, 1.165) is 18.3 Å². The number of ether oxygens (including phenoxy) is 1. The van der Waals surface area contributed by atoms with Crippen LogP contribution in [-0.4, -0.2) is 18.5 Å². The summed E-state index contributed by atoms with van der Waals surface area (Å²) in [6, 6.07) is 0. The molecule has 0 heterocycles. The fourth-order valence-corrected chi connectivity index (χ4v) is 4.77. The molecule has 24 heavy (non-hydrogen) atoms. The van der Waals surface area contributed by atoms with Crippen molar-refractivity contribution in [1.82, 2.24) is 0 Å². The van der Waals surface area contributed by atoms with E-state index in [-0.39, 0.29) is 0 Å². The molecule has 2 heteroatoms. The minimum absolute atomic E-state index is 0.431. The summed E-state index contributed by atoms with van der Waals surface area (Å²) in [6.45, 7) is 5.53. The molecule has 1 nitrogen and oxygen atoms in total. The van der Waals surface area contributed by atoms with E-state index in [1.54, 1.807) is 0 Å². The Bertz CT molecular complexity index is 263. The zero-order chi connectivity index (χ0) is 17.5. The molecule has 1 aliphatic carbocycles. The highest BCUT2D eigenvalue weighted by Crippen LogP contribution is 2.34. The Morgan fingerprint density at radius 2 is 1.46 bits per heavy atom. The predicted molar refractivity (Wildman–Crippen MR) is 110 cm³/mol. The molecule has 0 N–H and O–H groups in total. The topological polar surface area (TPSA) is 9.23 Å². The minimum Gasteiger partial charge on any atom is -0.378 e. The largest absolute Gasteiger partial charge is 0.378 e. The second-order valence-electron chi connectivity index (χ2n) is 7.90. The molecule has 2 atom stereocenters. The summed E-state index contributed by atoms with van der Waals surface area (Å²) in [4.78, 5) is 0. The van der Waals surface area contributed by atoms with Crippen LogP contribution in [0.4, 0.5) is 0 Å². The minimum atomic E-state index is 0.431. The van der Waals surface area contributed by atoms with Crippen LogP contribution in [-0.2, 0) is 4.74 Å². The van der Waals surface area contributed by atoms with Gasteiger partial charge in [0.15, 0.2) is 0 Å². The van der Waals surface area contributed by atoms with E-state index < -0.39 is 0 Å². The molecule has 0 amide bonds. The average molecular weight is 356 g/mol. The molecule has 2 unspecified atom stereocenters. The molecule has 0 aromatic rings. The van der Waals surface area contributed by atoms with Crippen molar-refractivity contribution in [2.45, 2.75) is 116 Å². The lowest BCUT2D eigenvalue weighted by molar-refractivity contribution is -0.0123. The van der Waals surface area contributed by atoms with Crippen molar-refractivity contribution in [3.05, 3.63) is 0 Å². The van der Waals surface area contributed by atoms with Gasteiger partial charge in [-0.05, 0) is 24.7 Å². The van der Waals surface area contributed by atoms with E-state index in [1.807, 2.05) is 0 Å². The molecule has 1 radical (unpaired) electrons. The van der Waals surface area contributed by atoms with Crippen molar-refractivity contribution in [3.8, 4) is 0 Å². The van der Waals surface area contributed by atoms with Gasteiger partial charge in [0.1, 0.15) is 0 Å². The molecule has 0 aromatic heterocycles. The molecule has 1 fully saturated rings. The second kappa shape index (κ2) is 15.6. The highest BCUT2D eigenvalue weighted by Gasteiger charge is 2.29. The molecule has 0 bridgehead atoms. The Labute approximate surface area is 158 Å². The molecular formula is C22H43OS. The summed E-state index contributed by atoms with van der Waals surface area (Å²) >= 11 is 5.54. The van der Waals surface area contributed by atoms with Gasteiger partial charge in [-0.25, -0.2) is 0 Å². The van der Waals surface area contributed by atoms with Crippen LogP contribution in [0.3, 0.4) is 0 Å². The third kappa shape index (κ3) is 9.70. The molecule has 0 aromatic carbocycles. The third-order valence-electron chi connectivity index (χ3n) is 5.83. The molecular weight excluding hydrogens is 312 g/mol. The first kappa shape index (κ1) is 22.4. The summed E-state index contributed by atoms with van der Waals surface area (Å²) in [5.74, 6) is 2.37. The standard InChI is InChI=1S/C22H43OS/c1-3-5-6-7-8-9-10-14-18-23-22(15-4-2)21(19-24)20-16-12-11-13-17-20/h20-22H,3-19H2,1-2H3. The number of hydrogen-bond acceptors (Lipinski definition) is 1. The lowest BCUT2D eigenvalue weighted by Crippen LogP contribution is -2.33. The first-order valence-corrected chi connectivity index (χ1v) is 11.6. The van der Waals surface area contributed by atoms with Gasteiger partial charge in [0.25, 0.3) is 0 Å². The Hall–Kier alpha value is 0.310. The molecule has 0 spiro atoms. The molecule has 1 saturated carbocycles. The second-order valence-corrected chi connectivity index (χ2v) is 8.23. The van der Waals surface area contributed by atoms with Gasteiger partial charge in [-0.15, -0.1) is 0 Å². The SMILES string of the molecule is CCCCCCCCCCOC(CCC)C(C[S])C1CCCCC1. The monoisotopic (exact) mass is 355 g/mol. The van der Waals surface area contributed by atoms with E-state index >= 15 is 0 Å². The van der Waals surface area contributed by atoms with Crippen molar-refractivity contribution in [1.29, 1.82) is 0 Å². The van der Waals surface area contributed by atoms with Crippen LogP contribution in [0.1, 0.15) is 110 Å². The quantitative estimate of drug-likeness (QED) is 0.273. The fourth-order valence-electron chi connectivity index (χ4n) is 4.29. The van der Waals surface area contributed by atoms with Crippen LogP contribution in [0.15, 0.2) is 0 Å². The van der Waals surface area contributed by atoms with Gasteiger partial charge < -0.3 is 4.74 Å². The fraction of sp³-hybridized carbons (Fsp3) is 1.00. The average Bonchev–Trinajstić information content (AvgIpc) is 2.62. The van der Waals surface area contributed by atoms with E-state index in [0.29, 0.717) is 12.0 Å². The summed E-state index contributed by atoms with van der Waals surface area (Å²) in [5.41, 5.74) is 0. The maximum Gasteiger partial charge on any atom is 0.0614 e. The Morgan fingerprint density at radius 1 is 0.833 bits per heavy atom. The van der Waals surface area contributed by atoms with Crippen molar-refractivity contribution < 1.29 is 4.74 Å². The zero-order valence-corrected chi connectivity index (χ0v) is 17.4. The van der Waals surface area contributed by atoms with E-state index in [1.165, 1.54) is 96.3 Å². The lowest BCUT2D eigenvalue weighted by Gasteiger charge is -2.35. The summed E-state index contributed by atoms with van der Waals surface area (Å²) < 4.78 is 6.37. The number of rotatable bonds is 15.